The maximum atomic E-state index is 13.3. The number of nitrogens with one attached hydrogen (secondary N) is 1. The molecular formula is C27H32ClFN2O2. The molecule has 0 spiro atoms. The van der Waals surface area contributed by atoms with Crippen molar-refractivity contribution in [1.82, 2.24) is 0 Å². The summed E-state index contributed by atoms with van der Waals surface area (Å²) in [4.78, 5) is 3.80. The van der Waals surface area contributed by atoms with Crippen LogP contribution in [0.4, 0.5) is 10.1 Å². The Morgan fingerprint density at radius 3 is 1.67 bits per heavy atom. The van der Waals surface area contributed by atoms with Gasteiger partial charge < -0.3 is 31.7 Å². The molecule has 0 aromatic heterocycles. The quantitative estimate of drug-likeness (QED) is 0.524. The summed E-state index contributed by atoms with van der Waals surface area (Å²) in [5.41, 5.74) is 3.52. The molecule has 3 aromatic carbocycles. The lowest BCUT2D eigenvalue weighted by Crippen LogP contribution is -3.19. The van der Waals surface area contributed by atoms with Gasteiger partial charge in [0.2, 0.25) is 0 Å². The second-order valence-electron chi connectivity index (χ2n) is 8.57. The molecule has 0 bridgehead atoms. The van der Waals surface area contributed by atoms with Crippen LogP contribution in [0.3, 0.4) is 0 Å². The van der Waals surface area contributed by atoms with Crippen LogP contribution < -0.4 is 31.7 Å². The number of ether oxygens (including phenoxy) is 2. The summed E-state index contributed by atoms with van der Waals surface area (Å²) in [6.07, 6.45) is 0. The first-order valence-electron chi connectivity index (χ1n) is 11.3. The van der Waals surface area contributed by atoms with E-state index in [0.29, 0.717) is 13.2 Å². The average Bonchev–Trinajstić information content (AvgIpc) is 2.82. The third kappa shape index (κ3) is 7.11. The molecule has 1 saturated heterocycles. The van der Waals surface area contributed by atoms with Crippen LogP contribution in [0, 0.1) is 19.7 Å². The highest BCUT2D eigenvalue weighted by atomic mass is 35.5. The monoisotopic (exact) mass is 470 g/mol. The predicted molar refractivity (Wildman–Crippen MR) is 126 cm³/mol. The zero-order chi connectivity index (χ0) is 22.3. The van der Waals surface area contributed by atoms with Crippen LogP contribution in [0.2, 0.25) is 0 Å². The molecule has 1 fully saturated rings. The van der Waals surface area contributed by atoms with Crippen molar-refractivity contribution >= 4 is 5.69 Å². The number of nitrogens with zero attached hydrogens (tertiary/aromatic N) is 1. The number of halogens is 2. The van der Waals surface area contributed by atoms with Crippen molar-refractivity contribution in [3.05, 3.63) is 89.7 Å². The first-order chi connectivity index (χ1) is 15.6. The summed E-state index contributed by atoms with van der Waals surface area (Å²) >= 11 is 0. The van der Waals surface area contributed by atoms with Crippen molar-refractivity contribution in [2.45, 2.75) is 19.9 Å². The SMILES string of the molecule is Cc1ccc(OCC(COc2ccc(C)cc2)[NH+]2CCN(c3ccc(F)cc3)CC2)cc1.[Cl-]. The fraction of sp³-hybridized carbons (Fsp3) is 0.333. The smallest absolute Gasteiger partial charge is 0.156 e. The van der Waals surface area contributed by atoms with Gasteiger partial charge in [0.15, 0.2) is 6.04 Å². The van der Waals surface area contributed by atoms with Crippen molar-refractivity contribution in [3.63, 3.8) is 0 Å². The third-order valence-corrected chi connectivity index (χ3v) is 6.12. The Morgan fingerprint density at radius 1 is 0.758 bits per heavy atom. The molecule has 4 rings (SSSR count). The van der Waals surface area contributed by atoms with Gasteiger partial charge in [-0.25, -0.2) is 4.39 Å². The fourth-order valence-electron chi connectivity index (χ4n) is 4.06. The average molecular weight is 471 g/mol. The summed E-state index contributed by atoms with van der Waals surface area (Å²) in [6.45, 7) is 9.16. The second-order valence-corrected chi connectivity index (χ2v) is 8.57. The zero-order valence-corrected chi connectivity index (χ0v) is 20.0. The Kier molecular flexibility index (Phi) is 8.98. The molecule has 176 valence electrons. The van der Waals surface area contributed by atoms with Crippen LogP contribution in [0.1, 0.15) is 11.1 Å². The van der Waals surface area contributed by atoms with Crippen LogP contribution >= 0.6 is 0 Å². The normalized spacial score (nSPS) is 14.1. The number of benzene rings is 3. The minimum atomic E-state index is -0.195. The molecular weight excluding hydrogens is 439 g/mol. The van der Waals surface area contributed by atoms with E-state index in [1.807, 2.05) is 36.4 Å². The van der Waals surface area contributed by atoms with Gasteiger partial charge in [0.25, 0.3) is 0 Å². The topological polar surface area (TPSA) is 26.1 Å². The van der Waals surface area contributed by atoms with E-state index in [2.05, 4.69) is 43.0 Å². The van der Waals surface area contributed by atoms with E-state index in [0.717, 1.165) is 43.4 Å². The number of hydrogen-bond donors (Lipinski definition) is 1. The van der Waals surface area contributed by atoms with E-state index >= 15 is 0 Å². The summed E-state index contributed by atoms with van der Waals surface area (Å²) in [7, 11) is 0. The predicted octanol–water partition coefficient (Wildman–Crippen LogP) is 0.678. The molecule has 0 atom stereocenters. The van der Waals surface area contributed by atoms with Crippen LogP contribution in [-0.2, 0) is 0 Å². The Bertz CT molecular complexity index is 923. The van der Waals surface area contributed by atoms with Gasteiger partial charge in [0.1, 0.15) is 30.5 Å². The highest BCUT2D eigenvalue weighted by Crippen LogP contribution is 2.16. The van der Waals surface area contributed by atoms with E-state index in [1.54, 1.807) is 0 Å². The fourth-order valence-corrected chi connectivity index (χ4v) is 4.06. The minimum Gasteiger partial charge on any atom is -1.00 e. The van der Waals surface area contributed by atoms with Crippen molar-refractivity contribution < 1.29 is 31.2 Å². The molecule has 0 unspecified atom stereocenters. The maximum Gasteiger partial charge on any atom is 0.156 e. The number of anilines is 1. The Balaban J connectivity index is 0.00000306. The lowest BCUT2D eigenvalue weighted by atomic mass is 10.2. The molecule has 6 heteroatoms. The molecule has 1 N–H and O–H groups in total. The van der Waals surface area contributed by atoms with Crippen molar-refractivity contribution in [2.75, 3.05) is 44.3 Å². The van der Waals surface area contributed by atoms with E-state index in [9.17, 15) is 4.39 Å². The molecule has 0 amide bonds. The molecule has 4 nitrogen and oxygen atoms in total. The van der Waals surface area contributed by atoms with Crippen LogP contribution in [0.15, 0.2) is 72.8 Å². The first-order valence-corrected chi connectivity index (χ1v) is 11.3. The molecule has 0 aliphatic carbocycles. The van der Waals surface area contributed by atoms with E-state index < -0.39 is 0 Å². The number of quaternary nitrogens is 1. The number of aryl methyl sites for hydroxylation is 2. The molecule has 1 aliphatic heterocycles. The standard InChI is InChI=1S/C27H31FN2O2.ClH/c1-21-3-11-26(12-4-21)31-19-25(20-32-27-13-5-22(2)6-14-27)30-17-15-29(16-18-30)24-9-7-23(28)8-10-24;/h3-14,25H,15-20H2,1-2H3;1H. The number of rotatable bonds is 8. The van der Waals surface area contributed by atoms with Gasteiger partial charge in [-0.05, 0) is 62.4 Å². The Labute approximate surface area is 202 Å². The van der Waals surface area contributed by atoms with E-state index in [4.69, 9.17) is 9.47 Å². The van der Waals surface area contributed by atoms with Crippen LogP contribution in [0.25, 0.3) is 0 Å². The largest absolute Gasteiger partial charge is 1.00 e. The van der Waals surface area contributed by atoms with Crippen molar-refractivity contribution in [2.24, 2.45) is 0 Å². The van der Waals surface area contributed by atoms with Gasteiger partial charge in [0.05, 0.1) is 26.2 Å². The van der Waals surface area contributed by atoms with Crippen LogP contribution in [-0.4, -0.2) is 45.4 Å². The Hall–Kier alpha value is -2.76. The molecule has 0 radical (unpaired) electrons. The highest BCUT2D eigenvalue weighted by Gasteiger charge is 2.29. The number of piperazine rings is 1. The molecule has 33 heavy (non-hydrogen) atoms. The number of hydrogen-bond acceptors (Lipinski definition) is 3. The third-order valence-electron chi connectivity index (χ3n) is 6.12. The van der Waals surface area contributed by atoms with E-state index in [-0.39, 0.29) is 24.3 Å². The molecule has 1 aliphatic rings. The van der Waals surface area contributed by atoms with Gasteiger partial charge >= 0.3 is 0 Å². The molecule has 1 heterocycles. The highest BCUT2D eigenvalue weighted by molar-refractivity contribution is 5.46. The van der Waals surface area contributed by atoms with Crippen molar-refractivity contribution in [3.8, 4) is 11.5 Å². The zero-order valence-electron chi connectivity index (χ0n) is 19.3. The minimum absolute atomic E-state index is 0. The second kappa shape index (κ2) is 11.9. The van der Waals surface area contributed by atoms with Gasteiger partial charge in [-0.1, -0.05) is 35.4 Å². The molecule has 0 saturated carbocycles. The van der Waals surface area contributed by atoms with E-state index in [1.165, 1.54) is 28.2 Å². The maximum absolute atomic E-state index is 13.3. The van der Waals surface area contributed by atoms with Gasteiger partial charge in [0, 0.05) is 5.69 Å². The summed E-state index contributed by atoms with van der Waals surface area (Å²) in [5, 5.41) is 0. The molecule has 3 aromatic rings. The lowest BCUT2D eigenvalue weighted by Gasteiger charge is -2.37. The van der Waals surface area contributed by atoms with Crippen molar-refractivity contribution in [1.29, 1.82) is 0 Å². The summed E-state index contributed by atoms with van der Waals surface area (Å²) in [5.74, 6) is 1.58. The summed E-state index contributed by atoms with van der Waals surface area (Å²) < 4.78 is 25.6. The van der Waals surface area contributed by atoms with Crippen LogP contribution in [0.5, 0.6) is 11.5 Å². The summed E-state index contributed by atoms with van der Waals surface area (Å²) in [6, 6.07) is 23.4. The Morgan fingerprint density at radius 2 is 1.21 bits per heavy atom. The lowest BCUT2D eigenvalue weighted by molar-refractivity contribution is -0.926. The van der Waals surface area contributed by atoms with Gasteiger partial charge in [-0.3, -0.25) is 0 Å². The van der Waals surface area contributed by atoms with Gasteiger partial charge in [-0.2, -0.15) is 0 Å². The van der Waals surface area contributed by atoms with Gasteiger partial charge in [-0.15, -0.1) is 0 Å². The first kappa shape index (κ1) is 24.9.